The highest BCUT2D eigenvalue weighted by Crippen LogP contribution is 2.25. The van der Waals surface area contributed by atoms with Crippen LogP contribution in [0.5, 0.6) is 11.5 Å². The zero-order chi connectivity index (χ0) is 31.5. The van der Waals surface area contributed by atoms with Crippen molar-refractivity contribution in [2.75, 3.05) is 53.5 Å². The standard InChI is InChI=1S/C38H66N4O2/c1-33(35-23-13-15-25-37(35)43-3)41-31-21-11-9-19-29-39-27-17-7-5-6-8-18-28-40-30-20-10-12-22-32-42-34(2)36-24-14-16-26-38(36)44-4/h13-16,23-26,33-34,39-42H,5-12,17-22,27-32H2,1-4H3/t33-,34-/m0/s1. The van der Waals surface area contributed by atoms with Gasteiger partial charge in [-0.15, -0.1) is 0 Å². The van der Waals surface area contributed by atoms with Crippen LogP contribution in [0.1, 0.15) is 127 Å². The monoisotopic (exact) mass is 611 g/mol. The number of ether oxygens (including phenoxy) is 2. The molecule has 6 nitrogen and oxygen atoms in total. The van der Waals surface area contributed by atoms with Crippen LogP contribution in [0.15, 0.2) is 48.5 Å². The molecule has 0 radical (unpaired) electrons. The number of benzene rings is 2. The van der Waals surface area contributed by atoms with Gasteiger partial charge in [0.1, 0.15) is 11.5 Å². The summed E-state index contributed by atoms with van der Waals surface area (Å²) in [5.74, 6) is 1.94. The van der Waals surface area contributed by atoms with Crippen LogP contribution >= 0.6 is 0 Å². The van der Waals surface area contributed by atoms with Crippen LogP contribution < -0.4 is 30.7 Å². The second kappa shape index (κ2) is 26.1. The van der Waals surface area contributed by atoms with Gasteiger partial charge in [-0.05, 0) is 104 Å². The summed E-state index contributed by atoms with van der Waals surface area (Å²) in [5.41, 5.74) is 2.48. The van der Waals surface area contributed by atoms with Crippen molar-refractivity contribution in [3.05, 3.63) is 59.7 Å². The van der Waals surface area contributed by atoms with Gasteiger partial charge < -0.3 is 30.7 Å². The molecule has 0 fully saturated rings. The Balaban J connectivity index is 1.24. The van der Waals surface area contributed by atoms with E-state index in [-0.39, 0.29) is 0 Å². The number of nitrogens with one attached hydrogen (secondary N) is 4. The highest BCUT2D eigenvalue weighted by atomic mass is 16.5. The molecular weight excluding hydrogens is 544 g/mol. The van der Waals surface area contributed by atoms with E-state index >= 15 is 0 Å². The molecule has 2 aromatic rings. The lowest BCUT2D eigenvalue weighted by Crippen LogP contribution is -2.20. The molecule has 6 heteroatoms. The molecular formula is C38H66N4O2. The molecule has 0 saturated carbocycles. The maximum atomic E-state index is 5.48. The number of rotatable bonds is 29. The summed E-state index contributed by atoms with van der Waals surface area (Å²) >= 11 is 0. The molecule has 0 spiro atoms. The van der Waals surface area contributed by atoms with Gasteiger partial charge in [0.15, 0.2) is 0 Å². The topological polar surface area (TPSA) is 66.6 Å². The van der Waals surface area contributed by atoms with Gasteiger partial charge in [-0.3, -0.25) is 0 Å². The molecule has 0 aromatic heterocycles. The Labute approximate surface area is 270 Å². The van der Waals surface area contributed by atoms with Gasteiger partial charge in [0.2, 0.25) is 0 Å². The normalized spacial score (nSPS) is 12.7. The summed E-state index contributed by atoms with van der Waals surface area (Å²) in [7, 11) is 3.49. The fraction of sp³-hybridized carbons (Fsp3) is 0.684. The summed E-state index contributed by atoms with van der Waals surface area (Å²) in [5, 5.41) is 14.6. The molecule has 44 heavy (non-hydrogen) atoms. The molecule has 0 unspecified atom stereocenters. The highest BCUT2D eigenvalue weighted by Gasteiger charge is 2.10. The Morgan fingerprint density at radius 2 is 0.727 bits per heavy atom. The first-order valence-corrected chi connectivity index (χ1v) is 17.8. The third kappa shape index (κ3) is 17.4. The summed E-state index contributed by atoms with van der Waals surface area (Å²) < 4.78 is 11.0. The lowest BCUT2D eigenvalue weighted by Gasteiger charge is -2.17. The summed E-state index contributed by atoms with van der Waals surface area (Å²) in [6, 6.07) is 17.2. The predicted octanol–water partition coefficient (Wildman–Crippen LogP) is 8.35. The van der Waals surface area contributed by atoms with Crippen molar-refractivity contribution < 1.29 is 9.47 Å². The Hall–Kier alpha value is -2.12. The predicted molar refractivity (Wildman–Crippen MR) is 189 cm³/mol. The van der Waals surface area contributed by atoms with Crippen LogP contribution in [0.3, 0.4) is 0 Å². The van der Waals surface area contributed by atoms with Crippen molar-refractivity contribution in [2.45, 2.75) is 116 Å². The largest absolute Gasteiger partial charge is 0.496 e. The van der Waals surface area contributed by atoms with Crippen molar-refractivity contribution in [1.29, 1.82) is 0 Å². The van der Waals surface area contributed by atoms with Gasteiger partial charge in [0, 0.05) is 23.2 Å². The molecule has 2 atom stereocenters. The van der Waals surface area contributed by atoms with Crippen molar-refractivity contribution in [3.63, 3.8) is 0 Å². The average Bonchev–Trinajstić information content (AvgIpc) is 3.06. The van der Waals surface area contributed by atoms with Crippen LogP contribution in [-0.4, -0.2) is 53.5 Å². The first-order valence-electron chi connectivity index (χ1n) is 17.8. The fourth-order valence-electron chi connectivity index (χ4n) is 5.82. The van der Waals surface area contributed by atoms with Gasteiger partial charge in [-0.1, -0.05) is 87.8 Å². The molecule has 2 rings (SSSR count). The molecule has 2 aromatic carbocycles. The van der Waals surface area contributed by atoms with E-state index < -0.39 is 0 Å². The second-order valence-electron chi connectivity index (χ2n) is 12.3. The lowest BCUT2D eigenvalue weighted by atomic mass is 10.1. The zero-order valence-electron chi connectivity index (χ0n) is 28.7. The lowest BCUT2D eigenvalue weighted by molar-refractivity contribution is 0.401. The quantitative estimate of drug-likeness (QED) is 0.0695. The van der Waals surface area contributed by atoms with Crippen molar-refractivity contribution >= 4 is 0 Å². The van der Waals surface area contributed by atoms with Crippen molar-refractivity contribution in [2.24, 2.45) is 0 Å². The van der Waals surface area contributed by atoms with E-state index in [2.05, 4.69) is 59.4 Å². The minimum atomic E-state index is 0.324. The maximum Gasteiger partial charge on any atom is 0.123 e. The van der Waals surface area contributed by atoms with Gasteiger partial charge in [-0.2, -0.15) is 0 Å². The molecule has 0 heterocycles. The minimum absolute atomic E-state index is 0.324. The number of unbranched alkanes of at least 4 members (excludes halogenated alkanes) is 11. The Morgan fingerprint density at radius 3 is 1.07 bits per heavy atom. The maximum absolute atomic E-state index is 5.48. The first kappa shape index (κ1) is 38.1. The van der Waals surface area contributed by atoms with Gasteiger partial charge in [-0.25, -0.2) is 0 Å². The van der Waals surface area contributed by atoms with E-state index in [0.717, 1.165) is 37.7 Å². The molecule has 0 aliphatic rings. The van der Waals surface area contributed by atoms with Crippen LogP contribution in [0.4, 0.5) is 0 Å². The summed E-state index contributed by atoms with van der Waals surface area (Å²) in [4.78, 5) is 0. The van der Waals surface area contributed by atoms with Crippen molar-refractivity contribution in [1.82, 2.24) is 21.3 Å². The zero-order valence-corrected chi connectivity index (χ0v) is 28.7. The van der Waals surface area contributed by atoms with E-state index in [1.165, 1.54) is 114 Å². The number of hydrogen-bond acceptors (Lipinski definition) is 6. The molecule has 0 saturated heterocycles. The van der Waals surface area contributed by atoms with Crippen LogP contribution in [-0.2, 0) is 0 Å². The van der Waals surface area contributed by atoms with E-state index in [1.807, 2.05) is 24.3 Å². The number of methoxy groups -OCH3 is 2. The SMILES string of the molecule is COc1ccccc1[C@H](C)NCCCCCCNCCCCCCCCNCCCCCCN[C@@H](C)c1ccccc1OC. The average molecular weight is 611 g/mol. The van der Waals surface area contributed by atoms with Crippen LogP contribution in [0.25, 0.3) is 0 Å². The summed E-state index contributed by atoms with van der Waals surface area (Å²) in [6.07, 6.45) is 18.4. The third-order valence-corrected chi connectivity index (χ3v) is 8.63. The van der Waals surface area contributed by atoms with E-state index in [4.69, 9.17) is 9.47 Å². The molecule has 0 amide bonds. The Kier molecular flexibility index (Phi) is 22.6. The molecule has 4 N–H and O–H groups in total. The van der Waals surface area contributed by atoms with E-state index in [9.17, 15) is 0 Å². The number of hydrogen-bond donors (Lipinski definition) is 4. The van der Waals surface area contributed by atoms with E-state index in [1.54, 1.807) is 14.2 Å². The van der Waals surface area contributed by atoms with E-state index in [0.29, 0.717) is 12.1 Å². The minimum Gasteiger partial charge on any atom is -0.496 e. The van der Waals surface area contributed by atoms with Crippen LogP contribution in [0, 0.1) is 0 Å². The molecule has 250 valence electrons. The number of para-hydroxylation sites is 2. The smallest absolute Gasteiger partial charge is 0.123 e. The third-order valence-electron chi connectivity index (χ3n) is 8.63. The highest BCUT2D eigenvalue weighted by molar-refractivity contribution is 5.36. The van der Waals surface area contributed by atoms with Gasteiger partial charge >= 0.3 is 0 Å². The molecule has 0 bridgehead atoms. The summed E-state index contributed by atoms with van der Waals surface area (Å²) in [6.45, 7) is 11.2. The second-order valence-corrected chi connectivity index (χ2v) is 12.3. The Bertz CT molecular complexity index is 865. The molecule has 0 aliphatic carbocycles. The van der Waals surface area contributed by atoms with Crippen LogP contribution in [0.2, 0.25) is 0 Å². The fourth-order valence-corrected chi connectivity index (χ4v) is 5.82. The van der Waals surface area contributed by atoms with Crippen molar-refractivity contribution in [3.8, 4) is 11.5 Å². The molecule has 0 aliphatic heterocycles. The van der Waals surface area contributed by atoms with Gasteiger partial charge in [0.25, 0.3) is 0 Å². The Morgan fingerprint density at radius 1 is 0.432 bits per heavy atom. The van der Waals surface area contributed by atoms with Gasteiger partial charge in [0.05, 0.1) is 14.2 Å². The first-order chi connectivity index (χ1) is 21.7.